The Morgan fingerprint density at radius 2 is 1.57 bits per heavy atom. The van der Waals surface area contributed by atoms with E-state index in [4.69, 9.17) is 23.7 Å². The Morgan fingerprint density at radius 1 is 0.846 bits per heavy atom. The molecule has 14 nitrogen and oxygen atoms in total. The van der Waals surface area contributed by atoms with Crippen molar-refractivity contribution in [3.63, 3.8) is 0 Å². The van der Waals surface area contributed by atoms with E-state index in [-0.39, 0.29) is 54.8 Å². The van der Waals surface area contributed by atoms with Gasteiger partial charge in [-0.25, -0.2) is 4.79 Å². The maximum absolute atomic E-state index is 14.4. The van der Waals surface area contributed by atoms with Crippen molar-refractivity contribution in [3.05, 3.63) is 47.6 Å². The quantitative estimate of drug-likeness (QED) is 0.156. The number of nitrogens with zero attached hydrogens (tertiary/aromatic N) is 1. The second kappa shape index (κ2) is 25.1. The number of ketones is 3. The lowest BCUT2D eigenvalue weighted by atomic mass is 9.78. The first kappa shape index (κ1) is 54.2. The van der Waals surface area contributed by atoms with Crippen LogP contribution in [0.25, 0.3) is 0 Å². The maximum Gasteiger partial charge on any atom is 0.329 e. The summed E-state index contributed by atoms with van der Waals surface area (Å²) in [6.45, 7) is 12.7. The van der Waals surface area contributed by atoms with Crippen LogP contribution in [-0.4, -0.2) is 132 Å². The number of carbonyl (C=O) groups is 5. The van der Waals surface area contributed by atoms with Crippen molar-refractivity contribution in [1.82, 2.24) is 4.90 Å². The molecular formula is C51H79NO13. The number of hydrogen-bond acceptors (Lipinski definition) is 13. The second-order valence-electron chi connectivity index (χ2n) is 19.6. The van der Waals surface area contributed by atoms with E-state index in [0.29, 0.717) is 63.4 Å². The van der Waals surface area contributed by atoms with Gasteiger partial charge >= 0.3 is 5.97 Å². The number of esters is 1. The summed E-state index contributed by atoms with van der Waals surface area (Å²) in [5.74, 6) is -7.96. The van der Waals surface area contributed by atoms with Gasteiger partial charge in [0.2, 0.25) is 5.79 Å². The summed E-state index contributed by atoms with van der Waals surface area (Å²) in [6.07, 6.45) is 11.2. The monoisotopic (exact) mass is 914 g/mol. The Kier molecular flexibility index (Phi) is 21.0. The van der Waals surface area contributed by atoms with Crippen molar-refractivity contribution >= 4 is 29.2 Å². The smallest absolute Gasteiger partial charge is 0.329 e. The number of aliphatic hydroxyl groups excluding tert-OH is 2. The van der Waals surface area contributed by atoms with E-state index in [1.807, 2.05) is 58.1 Å². The molecule has 15 atom stereocenters. The summed E-state index contributed by atoms with van der Waals surface area (Å²) in [6, 6.07) is -1.14. The highest BCUT2D eigenvalue weighted by Gasteiger charge is 2.53. The van der Waals surface area contributed by atoms with Gasteiger partial charge in [-0.15, -0.1) is 0 Å². The molecule has 0 radical (unpaired) electrons. The standard InChI is InChI=1S/C51H79NO13/c1-30-16-12-11-13-17-31(2)42(61-8)28-38-21-19-36(7)51(60,65-38)48(57)49(58)52-23-15-14-18-39(52)50(59)64-43(33(4)26-37-20-22-40(53)44(27-37)62-9)29-41(54)32(3)25-35(6)46(56)47(63-10)45(55)34(5)24-30/h11-13,16-17,25,30,32-34,36-40,42-44,46-47,53,56,60H,14-15,18-24,26-29H2,1-10H3/b13-11+,16-12-,31-17+,35-25+/t30-,32-,33-,34-,36-,37?,38+,39+,40-,42+,43+,44-,46-,47+,51-/m1/s1. The minimum atomic E-state index is -2.43. The van der Waals surface area contributed by atoms with Gasteiger partial charge in [0.25, 0.3) is 11.7 Å². The van der Waals surface area contributed by atoms with E-state index in [9.17, 15) is 39.3 Å². The van der Waals surface area contributed by atoms with Gasteiger partial charge in [-0.1, -0.05) is 71.1 Å². The molecular weight excluding hydrogens is 835 g/mol. The summed E-state index contributed by atoms with van der Waals surface area (Å²) >= 11 is 0. The van der Waals surface area contributed by atoms with E-state index in [1.165, 1.54) is 12.0 Å². The van der Waals surface area contributed by atoms with Gasteiger partial charge in [0.1, 0.15) is 30.1 Å². The Labute approximate surface area is 387 Å². The summed E-state index contributed by atoms with van der Waals surface area (Å²) in [5.41, 5.74) is 1.27. The minimum Gasteiger partial charge on any atom is -0.460 e. The average Bonchev–Trinajstić information content (AvgIpc) is 3.28. The van der Waals surface area contributed by atoms with Crippen LogP contribution in [0.2, 0.25) is 0 Å². The zero-order valence-electron chi connectivity index (χ0n) is 40.6. The first-order valence-corrected chi connectivity index (χ1v) is 23.9. The molecule has 3 fully saturated rings. The van der Waals surface area contributed by atoms with Crippen molar-refractivity contribution in [2.45, 2.75) is 180 Å². The summed E-state index contributed by atoms with van der Waals surface area (Å²) in [7, 11) is 4.52. The molecule has 0 aromatic rings. The van der Waals surface area contributed by atoms with Gasteiger partial charge in [-0.05, 0) is 107 Å². The highest BCUT2D eigenvalue weighted by Crippen LogP contribution is 2.38. The number of allylic oxidation sites excluding steroid dienone is 6. The third kappa shape index (κ3) is 14.3. The number of cyclic esters (lactones) is 1. The summed E-state index contributed by atoms with van der Waals surface area (Å²) in [5, 5.41) is 33.8. The van der Waals surface area contributed by atoms with E-state index in [0.717, 1.165) is 12.0 Å². The summed E-state index contributed by atoms with van der Waals surface area (Å²) in [4.78, 5) is 71.8. The zero-order valence-corrected chi connectivity index (χ0v) is 40.6. The SMILES string of the molecule is CO[C@H]1C[C@@H]2CC[C@@H](C)[C@@](O)(O2)C(=O)C(=O)N2CCCC[C@H]2C(=O)O[C@H]([C@H](C)CC2CC[C@@H](O)[C@H](OC)C2)CC(=O)[C@H](C)/C=C(\C)[C@@H](O)[C@@H](OC)C(=O)[C@H](C)C[C@H](C)\C=C/C=C/C=C/1C. The van der Waals surface area contributed by atoms with Crippen LogP contribution < -0.4 is 0 Å². The number of methoxy groups -OCH3 is 3. The molecule has 0 aromatic heterocycles. The highest BCUT2D eigenvalue weighted by atomic mass is 16.6. The van der Waals surface area contributed by atoms with Crippen LogP contribution in [0.15, 0.2) is 47.6 Å². The molecule has 4 aliphatic rings. The Balaban J connectivity index is 1.70. The first-order chi connectivity index (χ1) is 30.7. The number of piperidine rings is 1. The zero-order chi connectivity index (χ0) is 48.2. The van der Waals surface area contributed by atoms with Gasteiger partial charge in [0.05, 0.1) is 24.4 Å². The Hall–Kier alpha value is -3.37. The lowest BCUT2D eigenvalue weighted by Crippen LogP contribution is -2.61. The molecule has 2 saturated heterocycles. The van der Waals surface area contributed by atoms with Crippen molar-refractivity contribution in [1.29, 1.82) is 0 Å². The number of Topliss-reactive ketones (excluding diaryl/α,β-unsaturated/α-hetero) is 3. The third-order valence-electron chi connectivity index (χ3n) is 14.5. The van der Waals surface area contributed by atoms with Crippen LogP contribution in [0, 0.1) is 35.5 Å². The molecule has 65 heavy (non-hydrogen) atoms. The number of fused-ring (bicyclic) bond motifs is 3. The van der Waals surface area contributed by atoms with Gasteiger partial charge in [-0.2, -0.15) is 0 Å². The second-order valence-corrected chi connectivity index (χ2v) is 19.6. The molecule has 1 saturated carbocycles. The number of aliphatic hydroxyl groups is 3. The number of carbonyl (C=O) groups excluding carboxylic acids is 5. The Bertz CT molecular complexity index is 1760. The molecule has 366 valence electrons. The van der Waals surface area contributed by atoms with Crippen LogP contribution in [0.4, 0.5) is 0 Å². The average molecular weight is 914 g/mol. The molecule has 14 heteroatoms. The summed E-state index contributed by atoms with van der Waals surface area (Å²) < 4.78 is 29.4. The van der Waals surface area contributed by atoms with E-state index in [1.54, 1.807) is 41.1 Å². The van der Waals surface area contributed by atoms with Crippen molar-refractivity contribution < 1.29 is 63.0 Å². The molecule has 4 rings (SSSR count). The van der Waals surface area contributed by atoms with Crippen LogP contribution in [0.5, 0.6) is 0 Å². The first-order valence-electron chi connectivity index (χ1n) is 23.9. The highest BCUT2D eigenvalue weighted by molar-refractivity contribution is 6.39. The molecule has 2 bridgehead atoms. The topological polar surface area (TPSA) is 195 Å². The molecule has 1 amide bonds. The number of amides is 1. The minimum absolute atomic E-state index is 0.0193. The molecule has 1 unspecified atom stereocenters. The fourth-order valence-electron chi connectivity index (χ4n) is 10.1. The van der Waals surface area contributed by atoms with Crippen LogP contribution in [0.1, 0.15) is 126 Å². The predicted molar refractivity (Wildman–Crippen MR) is 245 cm³/mol. The fourth-order valence-corrected chi connectivity index (χ4v) is 10.1. The van der Waals surface area contributed by atoms with Crippen LogP contribution in [0.3, 0.4) is 0 Å². The van der Waals surface area contributed by atoms with Gasteiger partial charge in [0.15, 0.2) is 5.78 Å². The van der Waals surface area contributed by atoms with Crippen LogP contribution >= 0.6 is 0 Å². The largest absolute Gasteiger partial charge is 0.460 e. The normalized spacial score (nSPS) is 40.4. The van der Waals surface area contributed by atoms with Gasteiger partial charge in [-0.3, -0.25) is 19.2 Å². The number of rotatable bonds is 6. The number of hydrogen-bond donors (Lipinski definition) is 3. The lowest BCUT2D eigenvalue weighted by molar-refractivity contribution is -0.265. The number of ether oxygens (including phenoxy) is 5. The van der Waals surface area contributed by atoms with E-state index < -0.39 is 83.9 Å². The van der Waals surface area contributed by atoms with E-state index >= 15 is 0 Å². The molecule has 3 N–H and O–H groups in total. The van der Waals surface area contributed by atoms with Crippen molar-refractivity contribution in [2.75, 3.05) is 27.9 Å². The molecule has 0 spiro atoms. The molecule has 3 aliphatic heterocycles. The van der Waals surface area contributed by atoms with E-state index in [2.05, 4.69) is 0 Å². The maximum atomic E-state index is 14.4. The fraction of sp³-hybridized carbons (Fsp3) is 0.745. The van der Waals surface area contributed by atoms with Crippen molar-refractivity contribution in [3.8, 4) is 0 Å². The van der Waals surface area contributed by atoms with Crippen LogP contribution in [-0.2, 0) is 47.7 Å². The molecule has 0 aromatic carbocycles. The Morgan fingerprint density at radius 3 is 2.25 bits per heavy atom. The molecule has 3 heterocycles. The van der Waals surface area contributed by atoms with Gasteiger partial charge < -0.3 is 43.9 Å². The van der Waals surface area contributed by atoms with Gasteiger partial charge in [0, 0.05) is 58.5 Å². The lowest BCUT2D eigenvalue weighted by Gasteiger charge is -2.42. The third-order valence-corrected chi connectivity index (χ3v) is 14.5. The molecule has 1 aliphatic carbocycles. The van der Waals surface area contributed by atoms with Crippen molar-refractivity contribution in [2.24, 2.45) is 35.5 Å². The predicted octanol–water partition coefficient (Wildman–Crippen LogP) is 6.18.